The summed E-state index contributed by atoms with van der Waals surface area (Å²) in [7, 11) is 0. The third kappa shape index (κ3) is 3.30. The smallest absolute Gasteiger partial charge is 0.247 e. The van der Waals surface area contributed by atoms with Crippen molar-refractivity contribution < 1.29 is 4.74 Å². The maximum Gasteiger partial charge on any atom is 0.247 e. The van der Waals surface area contributed by atoms with Gasteiger partial charge in [-0.05, 0) is 12.5 Å². The third-order valence-corrected chi connectivity index (χ3v) is 4.91. The van der Waals surface area contributed by atoms with E-state index in [1.807, 2.05) is 54.6 Å². The lowest BCUT2D eigenvalue weighted by molar-refractivity contribution is 0.225. The van der Waals surface area contributed by atoms with Gasteiger partial charge in [-0.1, -0.05) is 67.2 Å². The van der Waals surface area contributed by atoms with Gasteiger partial charge in [-0.25, -0.2) is 0 Å². The fourth-order valence-electron chi connectivity index (χ4n) is 2.68. The van der Waals surface area contributed by atoms with Crippen molar-refractivity contribution in [1.29, 1.82) is 0 Å². The molecule has 126 valence electrons. The van der Waals surface area contributed by atoms with Crippen molar-refractivity contribution in [3.8, 4) is 17.1 Å². The molecule has 1 aromatic heterocycles. The molecule has 25 heavy (non-hydrogen) atoms. The van der Waals surface area contributed by atoms with Crippen LogP contribution in [0.4, 0.5) is 5.69 Å². The van der Waals surface area contributed by atoms with Gasteiger partial charge in [-0.2, -0.15) is 4.98 Å². The van der Waals surface area contributed by atoms with Gasteiger partial charge in [0.05, 0.1) is 0 Å². The summed E-state index contributed by atoms with van der Waals surface area (Å²) in [5.41, 5.74) is 3.61. The van der Waals surface area contributed by atoms with Crippen molar-refractivity contribution in [3.05, 3.63) is 60.2 Å². The highest BCUT2D eigenvalue weighted by molar-refractivity contribution is 7.99. The van der Waals surface area contributed by atoms with Gasteiger partial charge < -0.3 is 10.1 Å². The van der Waals surface area contributed by atoms with Gasteiger partial charge >= 0.3 is 0 Å². The van der Waals surface area contributed by atoms with Crippen molar-refractivity contribution >= 4 is 17.4 Å². The molecule has 0 saturated heterocycles. The second-order valence-corrected chi connectivity index (χ2v) is 6.76. The Labute approximate surface area is 150 Å². The minimum absolute atomic E-state index is 0.329. The molecule has 2 heterocycles. The van der Waals surface area contributed by atoms with Crippen LogP contribution < -0.4 is 10.1 Å². The van der Waals surface area contributed by atoms with Gasteiger partial charge in [0, 0.05) is 22.6 Å². The molecule has 0 fully saturated rings. The number of thioether (sulfide) groups is 1. The molecule has 0 amide bonds. The molecule has 0 spiro atoms. The lowest BCUT2D eigenvalue weighted by Crippen LogP contribution is -2.17. The first-order chi connectivity index (χ1) is 12.3. The number of hydrogen-bond acceptors (Lipinski definition) is 6. The Balaban J connectivity index is 1.79. The average molecular weight is 350 g/mol. The lowest BCUT2D eigenvalue weighted by atomic mass is 10.1. The Bertz CT molecular complexity index is 872. The summed E-state index contributed by atoms with van der Waals surface area (Å²) in [4.78, 5) is 4.61. The number of ether oxygens (including phenoxy) is 1. The van der Waals surface area contributed by atoms with E-state index in [1.54, 1.807) is 11.8 Å². The second kappa shape index (κ2) is 7.11. The average Bonchev–Trinajstić information content (AvgIpc) is 2.83. The molecule has 0 aliphatic carbocycles. The van der Waals surface area contributed by atoms with Crippen LogP contribution in [0.3, 0.4) is 0 Å². The molecule has 1 aliphatic rings. The Morgan fingerprint density at radius 2 is 1.84 bits per heavy atom. The van der Waals surface area contributed by atoms with Crippen LogP contribution >= 0.6 is 11.8 Å². The number of rotatable bonds is 4. The number of aromatic nitrogens is 3. The summed E-state index contributed by atoms with van der Waals surface area (Å²) in [6.45, 7) is 2.13. The molecule has 4 rings (SSSR count). The maximum atomic E-state index is 6.21. The summed E-state index contributed by atoms with van der Waals surface area (Å²) in [6.07, 6.45) is 0.729. The van der Waals surface area contributed by atoms with Gasteiger partial charge in [0.2, 0.25) is 11.0 Å². The third-order valence-electron chi connectivity index (χ3n) is 3.87. The number of hydrogen-bond donors (Lipinski definition) is 1. The van der Waals surface area contributed by atoms with E-state index >= 15 is 0 Å². The van der Waals surface area contributed by atoms with E-state index in [0.29, 0.717) is 16.7 Å². The predicted molar refractivity (Wildman–Crippen MR) is 99.7 cm³/mol. The minimum Gasteiger partial charge on any atom is -0.448 e. The van der Waals surface area contributed by atoms with E-state index < -0.39 is 0 Å². The standard InChI is InChI=1S/C19H18N4OS/c1-2-12-25-19-21-18-16(22-23-19)14-10-6-7-11-15(14)20-17(24-18)13-8-4-3-5-9-13/h3-11,17,20H,2,12H2,1H3/t17-/m1/s1. The van der Waals surface area contributed by atoms with Crippen LogP contribution in [0, 0.1) is 0 Å². The van der Waals surface area contributed by atoms with Gasteiger partial charge in [0.25, 0.3) is 0 Å². The highest BCUT2D eigenvalue weighted by Gasteiger charge is 2.25. The molecular formula is C19H18N4OS. The van der Waals surface area contributed by atoms with E-state index in [-0.39, 0.29) is 6.23 Å². The first-order valence-corrected chi connectivity index (χ1v) is 9.29. The summed E-state index contributed by atoms with van der Waals surface area (Å²) < 4.78 is 6.21. The normalized spacial score (nSPS) is 15.3. The lowest BCUT2D eigenvalue weighted by Gasteiger charge is -2.19. The second-order valence-electron chi connectivity index (χ2n) is 5.70. The maximum absolute atomic E-state index is 6.21. The van der Waals surface area contributed by atoms with Gasteiger partial charge in [0.15, 0.2) is 11.9 Å². The number of para-hydroxylation sites is 1. The van der Waals surface area contributed by atoms with Crippen LogP contribution in [0.25, 0.3) is 11.3 Å². The largest absolute Gasteiger partial charge is 0.448 e. The predicted octanol–water partition coefficient (Wildman–Crippen LogP) is 4.54. The fraction of sp³-hybridized carbons (Fsp3) is 0.211. The summed E-state index contributed by atoms with van der Waals surface area (Å²) in [6, 6.07) is 18.1. The monoisotopic (exact) mass is 350 g/mol. The zero-order valence-corrected chi connectivity index (χ0v) is 14.7. The van der Waals surface area contributed by atoms with Gasteiger partial charge in [0.1, 0.15) is 0 Å². The van der Waals surface area contributed by atoms with Crippen molar-refractivity contribution in [2.24, 2.45) is 0 Å². The van der Waals surface area contributed by atoms with E-state index in [4.69, 9.17) is 4.74 Å². The highest BCUT2D eigenvalue weighted by Crippen LogP contribution is 2.39. The van der Waals surface area contributed by atoms with Crippen molar-refractivity contribution in [2.45, 2.75) is 24.7 Å². The molecule has 0 bridgehead atoms. The van der Waals surface area contributed by atoms with E-state index in [0.717, 1.165) is 29.0 Å². The van der Waals surface area contributed by atoms with Gasteiger partial charge in [-0.3, -0.25) is 0 Å². The molecule has 0 saturated carbocycles. The Hall–Kier alpha value is -2.60. The molecule has 1 atom stereocenters. The van der Waals surface area contributed by atoms with E-state index in [1.165, 1.54) is 0 Å². The Kier molecular flexibility index (Phi) is 4.52. The molecule has 6 heteroatoms. The molecule has 2 aromatic carbocycles. The molecule has 0 radical (unpaired) electrons. The van der Waals surface area contributed by atoms with Crippen molar-refractivity contribution in [2.75, 3.05) is 11.1 Å². The van der Waals surface area contributed by atoms with Crippen LogP contribution in [-0.2, 0) is 0 Å². The number of nitrogens with one attached hydrogen (secondary N) is 1. The van der Waals surface area contributed by atoms with Crippen LogP contribution in [-0.4, -0.2) is 20.9 Å². The first kappa shape index (κ1) is 15.9. The summed E-state index contributed by atoms with van der Waals surface area (Å²) in [5.74, 6) is 1.47. The molecule has 5 nitrogen and oxygen atoms in total. The number of nitrogens with zero attached hydrogens (tertiary/aromatic N) is 3. The number of benzene rings is 2. The summed E-state index contributed by atoms with van der Waals surface area (Å²) >= 11 is 1.59. The highest BCUT2D eigenvalue weighted by atomic mass is 32.2. The van der Waals surface area contributed by atoms with Gasteiger partial charge in [-0.15, -0.1) is 10.2 Å². The van der Waals surface area contributed by atoms with Crippen LogP contribution in [0.5, 0.6) is 5.88 Å². The number of anilines is 1. The van der Waals surface area contributed by atoms with Crippen LogP contribution in [0.1, 0.15) is 25.1 Å². The van der Waals surface area contributed by atoms with Crippen molar-refractivity contribution in [1.82, 2.24) is 15.2 Å². The molecule has 0 unspecified atom stereocenters. The molecule has 3 aromatic rings. The van der Waals surface area contributed by atoms with Crippen LogP contribution in [0.15, 0.2) is 59.8 Å². The minimum atomic E-state index is -0.329. The molecule has 1 N–H and O–H groups in total. The zero-order valence-electron chi connectivity index (χ0n) is 13.8. The quantitative estimate of drug-likeness (QED) is 0.697. The SMILES string of the molecule is CCCSc1nnc2c(n1)O[C@H](c1ccccc1)Nc1ccccc1-2. The van der Waals surface area contributed by atoms with Crippen LogP contribution in [0.2, 0.25) is 0 Å². The number of fused-ring (bicyclic) bond motifs is 3. The zero-order chi connectivity index (χ0) is 17.1. The molecular weight excluding hydrogens is 332 g/mol. The molecule has 1 aliphatic heterocycles. The Morgan fingerprint density at radius 1 is 1.04 bits per heavy atom. The Morgan fingerprint density at radius 3 is 2.68 bits per heavy atom. The topological polar surface area (TPSA) is 59.9 Å². The fourth-order valence-corrected chi connectivity index (χ4v) is 3.31. The summed E-state index contributed by atoms with van der Waals surface area (Å²) in [5, 5.41) is 12.8. The van der Waals surface area contributed by atoms with Crippen molar-refractivity contribution in [3.63, 3.8) is 0 Å². The van der Waals surface area contributed by atoms with E-state index in [9.17, 15) is 0 Å². The van der Waals surface area contributed by atoms with E-state index in [2.05, 4.69) is 27.4 Å². The first-order valence-electron chi connectivity index (χ1n) is 8.30.